The highest BCUT2D eigenvalue weighted by Crippen LogP contribution is 2.25. The lowest BCUT2D eigenvalue weighted by molar-refractivity contribution is -0.110. The van der Waals surface area contributed by atoms with Gasteiger partial charge < -0.3 is 15.4 Å². The normalized spacial score (nSPS) is 19.8. The van der Waals surface area contributed by atoms with Gasteiger partial charge in [0.2, 0.25) is 0 Å². The van der Waals surface area contributed by atoms with E-state index >= 15 is 0 Å². The molecule has 1 rings (SSSR count). The maximum absolute atomic E-state index is 11.1. The summed E-state index contributed by atoms with van der Waals surface area (Å²) in [4.78, 5) is 11.1. The first-order chi connectivity index (χ1) is 7.77. The number of hydrogen-bond acceptors (Lipinski definition) is 3. The molecule has 0 amide bonds. The van der Waals surface area contributed by atoms with Crippen LogP contribution in [0.1, 0.15) is 38.5 Å². The highest BCUT2D eigenvalue weighted by atomic mass is 16.1. The van der Waals surface area contributed by atoms with Crippen molar-refractivity contribution in [1.82, 2.24) is 10.6 Å². The maximum atomic E-state index is 11.1. The van der Waals surface area contributed by atoms with Crippen molar-refractivity contribution < 1.29 is 4.79 Å². The average molecular weight is 224 g/mol. The van der Waals surface area contributed by atoms with Gasteiger partial charge in [0.25, 0.3) is 0 Å². The van der Waals surface area contributed by atoms with E-state index in [1.165, 1.54) is 38.5 Å². The van der Waals surface area contributed by atoms with Crippen molar-refractivity contribution >= 4 is 6.29 Å². The quantitative estimate of drug-likeness (QED) is 0.534. The average Bonchev–Trinajstić information content (AvgIpc) is 2.55. The molecule has 0 radical (unpaired) electrons. The highest BCUT2D eigenvalue weighted by molar-refractivity contribution is 5.58. The highest BCUT2D eigenvalue weighted by Gasteiger charge is 2.22. The van der Waals surface area contributed by atoms with Crippen molar-refractivity contribution in [2.45, 2.75) is 44.6 Å². The lowest BCUT2D eigenvalue weighted by Crippen LogP contribution is -2.38. The SMILES string of the molecule is C=C(CNC)NC(C=O)C1CCCCCC1. The van der Waals surface area contributed by atoms with E-state index in [1.807, 2.05) is 7.05 Å². The molecule has 0 heterocycles. The van der Waals surface area contributed by atoms with E-state index in [9.17, 15) is 4.79 Å². The van der Waals surface area contributed by atoms with Crippen LogP contribution in [0.5, 0.6) is 0 Å². The zero-order valence-electron chi connectivity index (χ0n) is 10.3. The van der Waals surface area contributed by atoms with Crippen LogP contribution in [-0.4, -0.2) is 25.9 Å². The Morgan fingerprint density at radius 3 is 2.50 bits per heavy atom. The third-order valence-corrected chi connectivity index (χ3v) is 3.32. The molecular formula is C13H24N2O. The van der Waals surface area contributed by atoms with E-state index in [2.05, 4.69) is 17.2 Å². The van der Waals surface area contributed by atoms with Crippen LogP contribution in [0, 0.1) is 5.92 Å². The Morgan fingerprint density at radius 1 is 1.38 bits per heavy atom. The lowest BCUT2D eigenvalue weighted by Gasteiger charge is -2.24. The van der Waals surface area contributed by atoms with Crippen LogP contribution >= 0.6 is 0 Å². The zero-order valence-corrected chi connectivity index (χ0v) is 10.3. The van der Waals surface area contributed by atoms with Gasteiger partial charge in [-0.25, -0.2) is 0 Å². The monoisotopic (exact) mass is 224 g/mol. The first-order valence-corrected chi connectivity index (χ1v) is 6.32. The van der Waals surface area contributed by atoms with Gasteiger partial charge in [0.05, 0.1) is 6.04 Å². The van der Waals surface area contributed by atoms with Gasteiger partial charge in [0, 0.05) is 12.2 Å². The third kappa shape index (κ3) is 4.35. The van der Waals surface area contributed by atoms with E-state index < -0.39 is 0 Å². The molecule has 1 fully saturated rings. The van der Waals surface area contributed by atoms with Crippen molar-refractivity contribution in [1.29, 1.82) is 0 Å². The van der Waals surface area contributed by atoms with E-state index in [0.29, 0.717) is 5.92 Å². The lowest BCUT2D eigenvalue weighted by atomic mass is 9.92. The first-order valence-electron chi connectivity index (χ1n) is 6.32. The van der Waals surface area contributed by atoms with Gasteiger partial charge in [-0.15, -0.1) is 0 Å². The van der Waals surface area contributed by atoms with E-state index in [-0.39, 0.29) is 6.04 Å². The van der Waals surface area contributed by atoms with Crippen LogP contribution in [0.25, 0.3) is 0 Å². The molecule has 1 atom stereocenters. The van der Waals surface area contributed by atoms with Crippen molar-refractivity contribution in [3.05, 3.63) is 12.3 Å². The van der Waals surface area contributed by atoms with Crippen molar-refractivity contribution in [3.63, 3.8) is 0 Å². The molecule has 2 N–H and O–H groups in total. The minimum Gasteiger partial charge on any atom is -0.378 e. The molecule has 1 aliphatic carbocycles. The predicted octanol–water partition coefficient (Wildman–Crippen LogP) is 1.85. The fourth-order valence-corrected chi connectivity index (χ4v) is 2.43. The summed E-state index contributed by atoms with van der Waals surface area (Å²) in [6.45, 7) is 4.64. The minimum absolute atomic E-state index is 0.0426. The smallest absolute Gasteiger partial charge is 0.142 e. The van der Waals surface area contributed by atoms with E-state index in [0.717, 1.165) is 18.5 Å². The first kappa shape index (κ1) is 13.2. The van der Waals surface area contributed by atoms with E-state index in [4.69, 9.17) is 0 Å². The van der Waals surface area contributed by atoms with Crippen molar-refractivity contribution in [3.8, 4) is 0 Å². The summed E-state index contributed by atoms with van der Waals surface area (Å²) in [6, 6.07) is -0.0426. The van der Waals surface area contributed by atoms with Crippen LogP contribution in [0.4, 0.5) is 0 Å². The van der Waals surface area contributed by atoms with Crippen LogP contribution < -0.4 is 10.6 Å². The molecule has 0 saturated heterocycles. The summed E-state index contributed by atoms with van der Waals surface area (Å²) in [5.41, 5.74) is 0.906. The second-order valence-corrected chi connectivity index (χ2v) is 4.69. The van der Waals surface area contributed by atoms with Gasteiger partial charge in [-0.2, -0.15) is 0 Å². The number of hydrogen-bond donors (Lipinski definition) is 2. The molecule has 0 aromatic carbocycles. The largest absolute Gasteiger partial charge is 0.378 e. The van der Waals surface area contributed by atoms with Gasteiger partial charge >= 0.3 is 0 Å². The van der Waals surface area contributed by atoms with Crippen LogP contribution in [0.2, 0.25) is 0 Å². The van der Waals surface area contributed by atoms with Crippen molar-refractivity contribution in [2.75, 3.05) is 13.6 Å². The Bertz CT molecular complexity index is 220. The second-order valence-electron chi connectivity index (χ2n) is 4.69. The van der Waals surface area contributed by atoms with Gasteiger partial charge in [0.1, 0.15) is 6.29 Å². The summed E-state index contributed by atoms with van der Waals surface area (Å²) in [6.07, 6.45) is 8.55. The zero-order chi connectivity index (χ0) is 11.8. The molecule has 3 nitrogen and oxygen atoms in total. The molecular weight excluding hydrogens is 200 g/mol. The van der Waals surface area contributed by atoms with Crippen LogP contribution in [0.15, 0.2) is 12.3 Å². The number of nitrogens with one attached hydrogen (secondary N) is 2. The van der Waals surface area contributed by atoms with Gasteiger partial charge in [-0.1, -0.05) is 32.3 Å². The molecule has 3 heteroatoms. The van der Waals surface area contributed by atoms with Gasteiger partial charge in [0.15, 0.2) is 0 Å². The Hall–Kier alpha value is -0.830. The summed E-state index contributed by atoms with van der Waals surface area (Å²) >= 11 is 0. The number of aldehydes is 1. The molecule has 1 aliphatic rings. The number of carbonyl (C=O) groups excluding carboxylic acids is 1. The molecule has 16 heavy (non-hydrogen) atoms. The fourth-order valence-electron chi connectivity index (χ4n) is 2.43. The van der Waals surface area contributed by atoms with Crippen LogP contribution in [0.3, 0.4) is 0 Å². The molecule has 1 unspecified atom stereocenters. The molecule has 0 aromatic rings. The van der Waals surface area contributed by atoms with Gasteiger partial charge in [-0.3, -0.25) is 0 Å². The van der Waals surface area contributed by atoms with E-state index in [1.54, 1.807) is 0 Å². The Labute approximate surface area is 98.7 Å². The molecule has 0 spiro atoms. The summed E-state index contributed by atoms with van der Waals surface area (Å²) in [5.74, 6) is 0.494. The molecule has 0 bridgehead atoms. The molecule has 1 saturated carbocycles. The Morgan fingerprint density at radius 2 is 2.00 bits per heavy atom. The standard InChI is InChI=1S/C13H24N2O/c1-11(9-14-2)15-13(10-16)12-7-5-3-4-6-8-12/h10,12-15H,1,3-9H2,2H3. The third-order valence-electron chi connectivity index (χ3n) is 3.32. The topological polar surface area (TPSA) is 41.1 Å². The molecule has 0 aliphatic heterocycles. The Kier molecular flexibility index (Phi) is 6.16. The molecule has 0 aromatic heterocycles. The minimum atomic E-state index is -0.0426. The summed E-state index contributed by atoms with van der Waals surface area (Å²) in [7, 11) is 1.88. The number of likely N-dealkylation sites (N-methyl/N-ethyl adjacent to an activating group) is 1. The Balaban J connectivity index is 2.44. The summed E-state index contributed by atoms with van der Waals surface area (Å²) in [5, 5.41) is 6.27. The fraction of sp³-hybridized carbons (Fsp3) is 0.769. The second kappa shape index (κ2) is 7.44. The van der Waals surface area contributed by atoms with Crippen LogP contribution in [-0.2, 0) is 4.79 Å². The van der Waals surface area contributed by atoms with Gasteiger partial charge in [-0.05, 0) is 25.8 Å². The molecule has 92 valence electrons. The number of rotatable bonds is 6. The van der Waals surface area contributed by atoms with Crippen molar-refractivity contribution in [2.24, 2.45) is 5.92 Å². The number of carbonyl (C=O) groups is 1. The summed E-state index contributed by atoms with van der Waals surface area (Å²) < 4.78 is 0. The predicted molar refractivity (Wildman–Crippen MR) is 67.2 cm³/mol. The maximum Gasteiger partial charge on any atom is 0.142 e.